The van der Waals surface area contributed by atoms with Gasteiger partial charge in [0.1, 0.15) is 23.0 Å². The number of fused-ring (bicyclic) bond motifs is 2. The second kappa shape index (κ2) is 37.6. The third kappa shape index (κ3) is 19.2. The number of thiophene rings is 2. The first-order valence-corrected chi connectivity index (χ1v) is 40.8. The summed E-state index contributed by atoms with van der Waals surface area (Å²) in [5, 5.41) is 0. The van der Waals surface area contributed by atoms with E-state index in [9.17, 15) is 0 Å². The predicted molar refractivity (Wildman–Crippen MR) is 412 cm³/mol. The van der Waals surface area contributed by atoms with Crippen LogP contribution in [0.4, 0.5) is 45.5 Å². The Balaban J connectivity index is 0.800. The second-order valence-corrected chi connectivity index (χ2v) is 29.9. The number of ether oxygens (including phenoxy) is 4. The zero-order valence-electron chi connectivity index (χ0n) is 57.0. The summed E-state index contributed by atoms with van der Waals surface area (Å²) < 4.78 is 43.0. The van der Waals surface area contributed by atoms with Gasteiger partial charge in [0.2, 0.25) is 0 Å². The molecule has 0 spiro atoms. The SMILES string of the molecule is CCCCCCCCOc1ccc(N(c2ccc(OCCCCCCCC)cc2)c2ccc(-c3ccc(-c4c5c(c(-c6ccc(-c7ccc(N(c8ccc(OCCCCCCCC)cc8)c8ccc(OCCCCCCCC)cc8)cc7)s6)c6n[se]nc46)N[Se]N5)s3)cc2)cc1. The average molecular weight is 1450 g/mol. The van der Waals surface area contributed by atoms with Crippen molar-refractivity contribution in [2.75, 3.05) is 44.9 Å². The van der Waals surface area contributed by atoms with Gasteiger partial charge in [0.05, 0.1) is 26.4 Å². The molecule has 504 valence electrons. The molecule has 11 rings (SSSR count). The zero-order chi connectivity index (χ0) is 65.9. The minimum absolute atomic E-state index is 0.0285. The summed E-state index contributed by atoms with van der Waals surface area (Å²) in [4.78, 5) is 9.40. The third-order valence-electron chi connectivity index (χ3n) is 18.0. The average Bonchev–Trinajstić information content (AvgIpc) is 1.55. The normalized spacial score (nSPS) is 11.8. The van der Waals surface area contributed by atoms with Crippen LogP contribution in [0.2, 0.25) is 0 Å². The Labute approximate surface area is 593 Å². The van der Waals surface area contributed by atoms with E-state index in [2.05, 4.69) is 216 Å². The molecule has 3 aromatic heterocycles. The van der Waals surface area contributed by atoms with Crippen molar-refractivity contribution >= 4 is 110 Å². The van der Waals surface area contributed by atoms with Crippen molar-refractivity contribution in [1.29, 1.82) is 0 Å². The van der Waals surface area contributed by atoms with E-state index in [1.807, 2.05) is 22.7 Å². The van der Waals surface area contributed by atoms with E-state index < -0.39 is 0 Å². The fourth-order valence-corrected chi connectivity index (χ4v) is 17.3. The van der Waals surface area contributed by atoms with E-state index in [-0.39, 0.29) is 30.4 Å². The van der Waals surface area contributed by atoms with Crippen LogP contribution < -0.4 is 37.4 Å². The maximum Gasteiger partial charge on any atom is -0.0179 e. The van der Waals surface area contributed by atoms with Gasteiger partial charge in [-0.3, -0.25) is 0 Å². The largest absolute Gasteiger partial charge is 0.0344 e. The molecule has 0 saturated carbocycles. The molecule has 14 heteroatoms. The van der Waals surface area contributed by atoms with E-state index in [4.69, 9.17) is 26.9 Å². The van der Waals surface area contributed by atoms with Gasteiger partial charge in [-0.05, 0) is 123 Å². The van der Waals surface area contributed by atoms with Gasteiger partial charge in [0, 0.05) is 0 Å². The molecule has 0 saturated heterocycles. The van der Waals surface area contributed by atoms with Gasteiger partial charge in [0.25, 0.3) is 0 Å². The fourth-order valence-electron chi connectivity index (χ4n) is 12.6. The minimum Gasteiger partial charge on any atom is -0.0344 e. The summed E-state index contributed by atoms with van der Waals surface area (Å²) in [6.07, 6.45) is 29.8. The molecule has 0 atom stereocenters. The van der Waals surface area contributed by atoms with Crippen molar-refractivity contribution in [3.8, 4) is 64.8 Å². The summed E-state index contributed by atoms with van der Waals surface area (Å²) in [6, 6.07) is 61.4. The number of anilines is 8. The molecule has 7 aromatic carbocycles. The maximum absolute atomic E-state index is 6.24. The van der Waals surface area contributed by atoms with E-state index in [1.54, 1.807) is 0 Å². The Hall–Kier alpha value is -7.02. The molecule has 10 nitrogen and oxygen atoms in total. The van der Waals surface area contributed by atoms with Crippen molar-refractivity contribution in [2.24, 2.45) is 0 Å². The molecule has 96 heavy (non-hydrogen) atoms. The number of nitrogens with zero attached hydrogens (tertiary/aromatic N) is 4. The first-order chi connectivity index (χ1) is 47.5. The Morgan fingerprint density at radius 1 is 0.302 bits per heavy atom. The number of aromatic nitrogens is 2. The van der Waals surface area contributed by atoms with Crippen LogP contribution in [-0.2, 0) is 0 Å². The zero-order valence-corrected chi connectivity index (χ0v) is 62.1. The molecule has 0 bridgehead atoms. The van der Waals surface area contributed by atoms with Crippen LogP contribution in [0.3, 0.4) is 0 Å². The smallest absolute Gasteiger partial charge is 0.0179 e. The minimum atomic E-state index is -0.251. The topological polar surface area (TPSA) is 93.2 Å². The van der Waals surface area contributed by atoms with Gasteiger partial charge < -0.3 is 18.9 Å². The summed E-state index contributed by atoms with van der Waals surface area (Å²) >= 11 is 3.35. The molecule has 0 fully saturated rings. The summed E-state index contributed by atoms with van der Waals surface area (Å²) in [6.45, 7) is 12.0. The molecule has 0 unspecified atom stereocenters. The van der Waals surface area contributed by atoms with Crippen molar-refractivity contribution in [1.82, 2.24) is 7.96 Å². The monoisotopic (exact) mass is 1450 g/mol. The van der Waals surface area contributed by atoms with Crippen LogP contribution in [0.1, 0.15) is 182 Å². The van der Waals surface area contributed by atoms with Crippen molar-refractivity contribution in [3.63, 3.8) is 0 Å². The van der Waals surface area contributed by atoms with E-state index >= 15 is 0 Å². The summed E-state index contributed by atoms with van der Waals surface area (Å²) in [5.41, 5.74) is 15.2. The molecular formula is C82H98N6O4S2Se2. The van der Waals surface area contributed by atoms with E-state index in [1.165, 1.54) is 159 Å². The summed E-state index contributed by atoms with van der Waals surface area (Å²) in [5.74, 6) is 3.62. The van der Waals surface area contributed by atoms with E-state index in [0.29, 0.717) is 0 Å². The number of rotatable bonds is 42. The molecule has 10 aromatic rings. The molecule has 2 N–H and O–H groups in total. The van der Waals surface area contributed by atoms with Gasteiger partial charge in [-0.2, -0.15) is 0 Å². The maximum atomic E-state index is 6.24. The Morgan fingerprint density at radius 2 is 0.552 bits per heavy atom. The number of unbranched alkanes of at least 4 members (excludes halogenated alkanes) is 20. The molecule has 0 radical (unpaired) electrons. The first-order valence-electron chi connectivity index (χ1n) is 35.9. The van der Waals surface area contributed by atoms with Crippen molar-refractivity contribution < 1.29 is 18.9 Å². The quantitative estimate of drug-likeness (QED) is 0.0285. The number of hydrogen-bond acceptors (Lipinski definition) is 12. The second-order valence-electron chi connectivity index (χ2n) is 25.3. The van der Waals surface area contributed by atoms with Crippen LogP contribution in [0.5, 0.6) is 23.0 Å². The number of benzene rings is 7. The third-order valence-corrected chi connectivity index (χ3v) is 22.7. The molecule has 4 heterocycles. The van der Waals surface area contributed by atoms with Crippen LogP contribution in [-0.4, -0.2) is 64.7 Å². The predicted octanol–water partition coefficient (Wildman–Crippen LogP) is 24.7. The van der Waals surface area contributed by atoms with Crippen molar-refractivity contribution in [3.05, 3.63) is 170 Å². The Kier molecular flexibility index (Phi) is 27.6. The Morgan fingerprint density at radius 3 is 0.833 bits per heavy atom. The van der Waals surface area contributed by atoms with Crippen molar-refractivity contribution in [2.45, 2.75) is 182 Å². The van der Waals surface area contributed by atoms with Crippen LogP contribution in [0.25, 0.3) is 52.8 Å². The van der Waals surface area contributed by atoms with Crippen LogP contribution in [0, 0.1) is 0 Å². The number of nitrogens with one attached hydrogen (secondary N) is 2. The molecule has 1 aliphatic heterocycles. The van der Waals surface area contributed by atoms with E-state index in [0.717, 1.165) is 143 Å². The van der Waals surface area contributed by atoms with Gasteiger partial charge >= 0.3 is 251 Å². The van der Waals surface area contributed by atoms with Gasteiger partial charge in [-0.15, -0.1) is 0 Å². The van der Waals surface area contributed by atoms with Gasteiger partial charge in [-0.1, -0.05) is 156 Å². The fraction of sp³-hybridized carbons (Fsp3) is 0.390. The molecule has 0 amide bonds. The Bertz CT molecular complexity index is 3520. The molecular weight excluding hydrogens is 1350 g/mol. The first kappa shape index (κ1) is 70.3. The van der Waals surface area contributed by atoms with Crippen LogP contribution in [0.15, 0.2) is 170 Å². The molecule has 1 aliphatic rings. The summed E-state index contributed by atoms with van der Waals surface area (Å²) in [7, 11) is 0. The van der Waals surface area contributed by atoms with Crippen LogP contribution >= 0.6 is 22.7 Å². The number of hydrogen-bond donors (Lipinski definition) is 2. The standard InChI is InChI=1S/C82H98N6O4S2Se2/c1-5-9-13-17-21-25-57-89-69-45-37-65(38-46-69)87(66-39-47-70(48-40-66)90-58-26-22-18-14-10-6-2)63-33-29-61(30-34-63)73-53-55-75(93-73)77-79-81(85-95-83-79)78(82-80(77)84-96-86-82)76-56-54-74(94-76)62-31-35-64(36-32-62)88(67-41-49-71(50-42-67)91-59-27-23-19-15-11-7-3)68-43-51-72(52-44-68)92-60-28-24-20-16-12-8-4/h29-56,83,85H,5-28,57-60H2,1-4H3. The van der Waals surface area contributed by atoms with Gasteiger partial charge in [-0.25, -0.2) is 0 Å². The molecule has 0 aliphatic carbocycles. The van der Waals surface area contributed by atoms with Gasteiger partial charge in [0.15, 0.2) is 0 Å².